The van der Waals surface area contributed by atoms with Crippen molar-refractivity contribution in [3.05, 3.63) is 46.5 Å². The van der Waals surface area contributed by atoms with E-state index in [-0.39, 0.29) is 5.91 Å². The van der Waals surface area contributed by atoms with Crippen LogP contribution in [0.25, 0.3) is 0 Å². The molecular weight excluding hydrogens is 278 g/mol. The second-order valence-electron chi connectivity index (χ2n) is 4.47. The third-order valence-electron chi connectivity index (χ3n) is 3.26. The van der Waals surface area contributed by atoms with Crippen LogP contribution < -0.4 is 0 Å². The van der Waals surface area contributed by atoms with Gasteiger partial charge in [-0.05, 0) is 23.9 Å². The SMILES string of the molecule is O=C(c1ccoc1)N1CCS[C@@H](c2cccs2)CC1. The van der Waals surface area contributed by atoms with Gasteiger partial charge in [0.1, 0.15) is 6.26 Å². The molecule has 1 aliphatic rings. The van der Waals surface area contributed by atoms with Gasteiger partial charge in [-0.2, -0.15) is 11.8 Å². The summed E-state index contributed by atoms with van der Waals surface area (Å²) in [5.41, 5.74) is 0.652. The van der Waals surface area contributed by atoms with E-state index in [9.17, 15) is 4.79 Å². The summed E-state index contributed by atoms with van der Waals surface area (Å²) in [5, 5.41) is 2.65. The van der Waals surface area contributed by atoms with Crippen molar-refractivity contribution in [2.75, 3.05) is 18.8 Å². The molecule has 0 unspecified atom stereocenters. The number of hydrogen-bond acceptors (Lipinski definition) is 4. The number of furan rings is 1. The van der Waals surface area contributed by atoms with Gasteiger partial charge in [-0.25, -0.2) is 0 Å². The number of thiophene rings is 1. The third-order valence-corrected chi connectivity index (χ3v) is 5.70. The van der Waals surface area contributed by atoms with E-state index < -0.39 is 0 Å². The highest BCUT2D eigenvalue weighted by atomic mass is 32.2. The van der Waals surface area contributed by atoms with Gasteiger partial charge in [0.25, 0.3) is 5.91 Å². The van der Waals surface area contributed by atoms with Crippen molar-refractivity contribution in [1.82, 2.24) is 4.90 Å². The average Bonchev–Trinajstić information content (AvgIpc) is 3.08. The summed E-state index contributed by atoms with van der Waals surface area (Å²) in [6, 6.07) is 6.02. The van der Waals surface area contributed by atoms with Gasteiger partial charge >= 0.3 is 0 Å². The molecule has 1 saturated heterocycles. The van der Waals surface area contributed by atoms with Gasteiger partial charge in [0.05, 0.1) is 11.8 Å². The number of carbonyl (C=O) groups excluding carboxylic acids is 1. The minimum Gasteiger partial charge on any atom is -0.472 e. The first-order valence-electron chi connectivity index (χ1n) is 6.31. The van der Waals surface area contributed by atoms with Crippen molar-refractivity contribution in [2.45, 2.75) is 11.7 Å². The lowest BCUT2D eigenvalue weighted by Gasteiger charge is -2.19. The second kappa shape index (κ2) is 5.84. The molecule has 100 valence electrons. The summed E-state index contributed by atoms with van der Waals surface area (Å²) >= 11 is 3.76. The van der Waals surface area contributed by atoms with Crippen LogP contribution in [0.2, 0.25) is 0 Å². The predicted octanol–water partition coefficient (Wildman–Crippen LogP) is 3.66. The standard InChI is InChI=1S/C14H15NO2S2/c16-14(11-4-7-17-10-11)15-5-3-13(19-9-6-15)12-2-1-8-18-12/h1-2,4,7-8,10,13H,3,5-6,9H2/t13-/m1/s1. The lowest BCUT2D eigenvalue weighted by Crippen LogP contribution is -2.32. The van der Waals surface area contributed by atoms with E-state index in [4.69, 9.17) is 4.42 Å². The van der Waals surface area contributed by atoms with Gasteiger partial charge in [0.15, 0.2) is 0 Å². The van der Waals surface area contributed by atoms with Crippen LogP contribution in [0.5, 0.6) is 0 Å². The maximum absolute atomic E-state index is 12.3. The highest BCUT2D eigenvalue weighted by Crippen LogP contribution is 2.36. The van der Waals surface area contributed by atoms with Crippen LogP contribution in [0.1, 0.15) is 26.9 Å². The summed E-state index contributed by atoms with van der Waals surface area (Å²) in [4.78, 5) is 15.6. The normalized spacial score (nSPS) is 20.2. The molecule has 5 heteroatoms. The third kappa shape index (κ3) is 2.87. The maximum Gasteiger partial charge on any atom is 0.257 e. The number of carbonyl (C=O) groups is 1. The minimum absolute atomic E-state index is 0.0844. The van der Waals surface area contributed by atoms with E-state index >= 15 is 0 Å². The quantitative estimate of drug-likeness (QED) is 0.847. The van der Waals surface area contributed by atoms with E-state index in [1.54, 1.807) is 23.7 Å². The molecule has 2 aromatic rings. The van der Waals surface area contributed by atoms with Crippen molar-refractivity contribution >= 4 is 29.0 Å². The van der Waals surface area contributed by atoms with Crippen molar-refractivity contribution in [1.29, 1.82) is 0 Å². The van der Waals surface area contributed by atoms with Gasteiger partial charge in [-0.1, -0.05) is 6.07 Å². The van der Waals surface area contributed by atoms with Crippen molar-refractivity contribution < 1.29 is 9.21 Å². The minimum atomic E-state index is 0.0844. The fourth-order valence-corrected chi connectivity index (χ4v) is 4.48. The molecule has 1 aliphatic heterocycles. The first-order valence-corrected chi connectivity index (χ1v) is 8.24. The van der Waals surface area contributed by atoms with E-state index in [2.05, 4.69) is 17.5 Å². The van der Waals surface area contributed by atoms with Gasteiger partial charge in [0, 0.05) is 29.0 Å². The largest absolute Gasteiger partial charge is 0.472 e. The Bertz CT molecular complexity index is 522. The van der Waals surface area contributed by atoms with E-state index in [1.807, 2.05) is 16.7 Å². The zero-order valence-electron chi connectivity index (χ0n) is 10.5. The number of nitrogens with zero attached hydrogens (tertiary/aromatic N) is 1. The molecule has 2 aromatic heterocycles. The molecule has 1 fully saturated rings. The number of hydrogen-bond donors (Lipinski definition) is 0. The molecule has 0 aliphatic carbocycles. The number of rotatable bonds is 2. The monoisotopic (exact) mass is 293 g/mol. The van der Waals surface area contributed by atoms with Crippen LogP contribution in [-0.2, 0) is 0 Å². The molecule has 19 heavy (non-hydrogen) atoms. The molecule has 0 bridgehead atoms. The fourth-order valence-electron chi connectivity index (χ4n) is 2.24. The summed E-state index contributed by atoms with van der Waals surface area (Å²) in [6.45, 7) is 1.64. The van der Waals surface area contributed by atoms with E-state index in [0.717, 1.165) is 25.3 Å². The predicted molar refractivity (Wildman–Crippen MR) is 78.7 cm³/mol. The molecule has 0 radical (unpaired) electrons. The molecule has 0 saturated carbocycles. The average molecular weight is 293 g/mol. The van der Waals surface area contributed by atoms with Gasteiger partial charge < -0.3 is 9.32 Å². The van der Waals surface area contributed by atoms with Crippen molar-refractivity contribution in [3.8, 4) is 0 Å². The zero-order chi connectivity index (χ0) is 13.1. The van der Waals surface area contributed by atoms with E-state index in [0.29, 0.717) is 10.8 Å². The Balaban J connectivity index is 1.66. The molecule has 1 amide bonds. The second-order valence-corrected chi connectivity index (χ2v) is 6.76. The van der Waals surface area contributed by atoms with Gasteiger partial charge in [-0.15, -0.1) is 11.3 Å². The molecule has 3 nitrogen and oxygen atoms in total. The summed E-state index contributed by atoms with van der Waals surface area (Å²) in [7, 11) is 0. The fraction of sp³-hybridized carbons (Fsp3) is 0.357. The van der Waals surface area contributed by atoms with Crippen LogP contribution in [0.15, 0.2) is 40.5 Å². The van der Waals surface area contributed by atoms with Crippen LogP contribution in [0.3, 0.4) is 0 Å². The molecule has 3 heterocycles. The Morgan fingerprint density at radius 1 is 1.37 bits per heavy atom. The highest BCUT2D eigenvalue weighted by molar-refractivity contribution is 7.99. The number of thioether (sulfide) groups is 1. The van der Waals surface area contributed by atoms with Crippen LogP contribution in [-0.4, -0.2) is 29.6 Å². The van der Waals surface area contributed by atoms with E-state index in [1.165, 1.54) is 11.1 Å². The highest BCUT2D eigenvalue weighted by Gasteiger charge is 2.23. The topological polar surface area (TPSA) is 33.5 Å². The Hall–Kier alpha value is -1.20. The van der Waals surface area contributed by atoms with Crippen LogP contribution >= 0.6 is 23.1 Å². The molecule has 3 rings (SSSR count). The Morgan fingerprint density at radius 2 is 2.32 bits per heavy atom. The summed E-state index contributed by atoms with van der Waals surface area (Å²) < 4.78 is 4.99. The van der Waals surface area contributed by atoms with Gasteiger partial charge in [0.2, 0.25) is 0 Å². The Morgan fingerprint density at radius 3 is 3.05 bits per heavy atom. The Labute approximate surface area is 120 Å². The Kier molecular flexibility index (Phi) is 3.94. The first-order chi connectivity index (χ1) is 9.34. The van der Waals surface area contributed by atoms with Crippen molar-refractivity contribution in [3.63, 3.8) is 0 Å². The van der Waals surface area contributed by atoms with Crippen LogP contribution in [0.4, 0.5) is 0 Å². The summed E-state index contributed by atoms with van der Waals surface area (Å²) in [5.74, 6) is 1.08. The first kappa shape index (κ1) is 12.8. The molecule has 0 spiro atoms. The lowest BCUT2D eigenvalue weighted by molar-refractivity contribution is 0.0766. The number of amides is 1. The zero-order valence-corrected chi connectivity index (χ0v) is 12.1. The molecule has 0 N–H and O–H groups in total. The molecule has 0 aromatic carbocycles. The molecule has 1 atom stereocenters. The van der Waals surface area contributed by atoms with Crippen molar-refractivity contribution in [2.24, 2.45) is 0 Å². The lowest BCUT2D eigenvalue weighted by atomic mass is 10.2. The smallest absolute Gasteiger partial charge is 0.257 e. The van der Waals surface area contributed by atoms with Gasteiger partial charge in [-0.3, -0.25) is 4.79 Å². The van der Waals surface area contributed by atoms with Crippen LogP contribution in [0, 0.1) is 0 Å². The maximum atomic E-state index is 12.3. The summed E-state index contributed by atoms with van der Waals surface area (Å²) in [6.07, 6.45) is 4.10. The molecular formula is C14H15NO2S2.